The fourth-order valence-corrected chi connectivity index (χ4v) is 4.69. The van der Waals surface area contributed by atoms with E-state index < -0.39 is 28.6 Å². The normalized spacial score (nSPS) is 19.2. The van der Waals surface area contributed by atoms with Crippen LogP contribution in [0.5, 0.6) is 0 Å². The van der Waals surface area contributed by atoms with Gasteiger partial charge in [0.1, 0.15) is 10.9 Å². The molecule has 0 bridgehead atoms. The van der Waals surface area contributed by atoms with Crippen LogP contribution in [-0.2, 0) is 24.3 Å². The largest absolute Gasteiger partial charge is 0.454 e. The van der Waals surface area contributed by atoms with E-state index in [2.05, 4.69) is 17.6 Å². The summed E-state index contributed by atoms with van der Waals surface area (Å²) in [5.41, 5.74) is 0.478. The molecular formula is C20H23N3O5S. The lowest BCUT2D eigenvalue weighted by Crippen LogP contribution is -2.43. The number of fused-ring (bicyclic) bond motifs is 1. The lowest BCUT2D eigenvalue weighted by molar-refractivity contribution is -0.154. The van der Waals surface area contributed by atoms with Crippen molar-refractivity contribution in [1.82, 2.24) is 9.80 Å². The Morgan fingerprint density at radius 2 is 1.93 bits per heavy atom. The number of esters is 1. The van der Waals surface area contributed by atoms with Crippen LogP contribution in [0, 0.1) is 0 Å². The summed E-state index contributed by atoms with van der Waals surface area (Å²) < 4.78 is 33.8. The summed E-state index contributed by atoms with van der Waals surface area (Å²) in [5, 5.41) is 0. The topological polar surface area (TPSA) is 96.3 Å². The zero-order chi connectivity index (χ0) is 21.0. The Hall–Kier alpha value is -2.94. The Morgan fingerprint density at radius 1 is 1.24 bits per heavy atom. The van der Waals surface area contributed by atoms with Crippen molar-refractivity contribution in [2.45, 2.75) is 23.8 Å². The number of hydrogen-bond acceptors (Lipinski definition) is 6. The van der Waals surface area contributed by atoms with E-state index in [-0.39, 0.29) is 16.6 Å². The average Bonchev–Trinajstić information content (AvgIpc) is 3.29. The van der Waals surface area contributed by atoms with E-state index in [1.165, 1.54) is 11.0 Å². The van der Waals surface area contributed by atoms with Gasteiger partial charge in [0.05, 0.1) is 0 Å². The highest BCUT2D eigenvalue weighted by Gasteiger charge is 2.40. The Labute approximate surface area is 170 Å². The maximum atomic E-state index is 12.6. The molecular weight excluding hydrogens is 394 g/mol. The predicted octanol–water partition coefficient (Wildman–Crippen LogP) is 1.34. The van der Waals surface area contributed by atoms with Gasteiger partial charge in [0.25, 0.3) is 15.9 Å². The van der Waals surface area contributed by atoms with Crippen LogP contribution in [0.25, 0.3) is 0 Å². The van der Waals surface area contributed by atoms with Gasteiger partial charge in [0.2, 0.25) is 0 Å². The van der Waals surface area contributed by atoms with E-state index in [1.807, 2.05) is 0 Å². The third-order valence-electron chi connectivity index (χ3n) is 4.80. The van der Waals surface area contributed by atoms with Gasteiger partial charge in [0, 0.05) is 25.2 Å². The number of hydrogen-bond donors (Lipinski definition) is 0. The van der Waals surface area contributed by atoms with Crippen molar-refractivity contribution in [2.24, 2.45) is 4.40 Å². The Kier molecular flexibility index (Phi) is 6.17. The van der Waals surface area contributed by atoms with Crippen molar-refractivity contribution in [3.8, 4) is 0 Å². The standard InChI is InChI=1S/C20H23N3O5S/c1-3-11-22(12-4-2)18(24)14-28-20(25)16-9-7-13-23(16)19-15-8-5-6-10-17(15)29(26,27)21-19/h3-6,8,10,16H,1-2,7,9,11-14H2/t16-/m0/s1. The molecule has 0 aromatic heterocycles. The second-order valence-electron chi connectivity index (χ2n) is 6.72. The van der Waals surface area contributed by atoms with Crippen molar-refractivity contribution in [1.29, 1.82) is 0 Å². The first-order valence-electron chi connectivity index (χ1n) is 9.26. The summed E-state index contributed by atoms with van der Waals surface area (Å²) in [7, 11) is -3.78. The van der Waals surface area contributed by atoms with Gasteiger partial charge in [-0.25, -0.2) is 4.79 Å². The second-order valence-corrected chi connectivity index (χ2v) is 8.29. The van der Waals surface area contributed by atoms with Crippen molar-refractivity contribution in [3.05, 3.63) is 55.1 Å². The first-order chi connectivity index (χ1) is 13.9. The number of carbonyl (C=O) groups is 2. The third-order valence-corrected chi connectivity index (χ3v) is 6.12. The number of benzene rings is 1. The molecule has 3 rings (SSSR count). The van der Waals surface area contributed by atoms with Crippen molar-refractivity contribution in [2.75, 3.05) is 26.2 Å². The van der Waals surface area contributed by atoms with Crippen molar-refractivity contribution < 1.29 is 22.7 Å². The molecule has 1 fully saturated rings. The van der Waals surface area contributed by atoms with Crippen LogP contribution in [0.4, 0.5) is 0 Å². The van der Waals surface area contributed by atoms with E-state index in [9.17, 15) is 18.0 Å². The van der Waals surface area contributed by atoms with E-state index in [0.717, 1.165) is 0 Å². The maximum Gasteiger partial charge on any atom is 0.329 e. The molecule has 8 nitrogen and oxygen atoms in total. The van der Waals surface area contributed by atoms with Crippen LogP contribution in [0.1, 0.15) is 18.4 Å². The number of likely N-dealkylation sites (tertiary alicyclic amines) is 1. The number of ether oxygens (including phenoxy) is 1. The van der Waals surface area contributed by atoms with E-state index in [4.69, 9.17) is 4.74 Å². The van der Waals surface area contributed by atoms with E-state index in [1.54, 1.807) is 35.3 Å². The highest BCUT2D eigenvalue weighted by Crippen LogP contribution is 2.31. The molecule has 2 aliphatic heterocycles. The SMILES string of the molecule is C=CCN(CC=C)C(=O)COC(=O)[C@@H]1CCCN1C1=NS(=O)(=O)c2ccccc21. The van der Waals surface area contributed by atoms with Gasteiger partial charge in [-0.3, -0.25) is 4.79 Å². The lowest BCUT2D eigenvalue weighted by Gasteiger charge is -2.25. The van der Waals surface area contributed by atoms with Gasteiger partial charge in [-0.15, -0.1) is 17.6 Å². The fourth-order valence-electron chi connectivity index (χ4n) is 3.47. The smallest absolute Gasteiger partial charge is 0.329 e. The molecule has 0 unspecified atom stereocenters. The molecule has 0 radical (unpaired) electrons. The zero-order valence-electron chi connectivity index (χ0n) is 16.0. The highest BCUT2D eigenvalue weighted by molar-refractivity contribution is 7.90. The number of carbonyl (C=O) groups excluding carboxylic acids is 2. The molecule has 154 valence electrons. The number of rotatable bonds is 7. The molecule has 1 aromatic carbocycles. The Balaban J connectivity index is 1.71. The number of amides is 1. The number of sulfonamides is 1. The van der Waals surface area contributed by atoms with Crippen molar-refractivity contribution in [3.63, 3.8) is 0 Å². The summed E-state index contributed by atoms with van der Waals surface area (Å²) in [6.07, 6.45) is 4.35. The molecule has 2 heterocycles. The van der Waals surface area contributed by atoms with Crippen molar-refractivity contribution >= 4 is 27.7 Å². The minimum Gasteiger partial charge on any atom is -0.454 e. The second kappa shape index (κ2) is 8.60. The van der Waals surface area contributed by atoms with E-state index in [0.29, 0.717) is 38.0 Å². The molecule has 1 amide bonds. The molecule has 2 aliphatic rings. The zero-order valence-corrected chi connectivity index (χ0v) is 16.8. The predicted molar refractivity (Wildman–Crippen MR) is 108 cm³/mol. The van der Waals surface area contributed by atoms with Crippen LogP contribution in [-0.4, -0.2) is 68.2 Å². The molecule has 29 heavy (non-hydrogen) atoms. The van der Waals surface area contributed by atoms with Crippen LogP contribution in [0.2, 0.25) is 0 Å². The van der Waals surface area contributed by atoms with Gasteiger partial charge >= 0.3 is 5.97 Å². The molecule has 9 heteroatoms. The van der Waals surface area contributed by atoms with Crippen LogP contribution >= 0.6 is 0 Å². The van der Waals surface area contributed by atoms with E-state index >= 15 is 0 Å². The van der Waals surface area contributed by atoms with Gasteiger partial charge in [-0.2, -0.15) is 8.42 Å². The third kappa shape index (κ3) is 4.24. The van der Waals surface area contributed by atoms with Crippen LogP contribution in [0.3, 0.4) is 0 Å². The molecule has 1 atom stereocenters. The monoisotopic (exact) mass is 417 g/mol. The fraction of sp³-hybridized carbons (Fsp3) is 0.350. The van der Waals surface area contributed by atoms with Gasteiger partial charge in [-0.05, 0) is 25.0 Å². The molecule has 1 aromatic rings. The Morgan fingerprint density at radius 3 is 2.62 bits per heavy atom. The lowest BCUT2D eigenvalue weighted by atomic mass is 10.1. The minimum atomic E-state index is -3.78. The molecule has 0 saturated carbocycles. The summed E-state index contributed by atoms with van der Waals surface area (Å²) in [6, 6.07) is 5.84. The maximum absolute atomic E-state index is 12.6. The summed E-state index contributed by atoms with van der Waals surface area (Å²) in [5.74, 6) is -0.669. The van der Waals surface area contributed by atoms with Gasteiger partial charge in [0.15, 0.2) is 12.4 Å². The highest BCUT2D eigenvalue weighted by atomic mass is 32.2. The summed E-state index contributed by atoms with van der Waals surface area (Å²) in [4.78, 5) is 28.2. The van der Waals surface area contributed by atoms with Gasteiger partial charge in [-0.1, -0.05) is 24.3 Å². The Bertz CT molecular complexity index is 960. The number of nitrogens with zero attached hydrogens (tertiary/aromatic N) is 3. The first-order valence-corrected chi connectivity index (χ1v) is 10.7. The molecule has 0 N–H and O–H groups in total. The van der Waals surface area contributed by atoms with Crippen LogP contribution in [0.15, 0.2) is 58.9 Å². The average molecular weight is 417 g/mol. The van der Waals surface area contributed by atoms with Gasteiger partial charge < -0.3 is 14.5 Å². The quantitative estimate of drug-likeness (QED) is 0.491. The minimum absolute atomic E-state index is 0.133. The molecule has 0 aliphatic carbocycles. The van der Waals surface area contributed by atoms with Crippen LogP contribution < -0.4 is 0 Å². The molecule has 0 spiro atoms. The molecule has 1 saturated heterocycles. The summed E-state index contributed by atoms with van der Waals surface area (Å²) in [6.45, 7) is 7.94. The summed E-state index contributed by atoms with van der Waals surface area (Å²) >= 11 is 0. The number of amidine groups is 1. The first kappa shape index (κ1) is 20.8.